The van der Waals surface area contributed by atoms with Gasteiger partial charge >= 0.3 is 12.3 Å². The molecule has 0 aliphatic heterocycles. The Morgan fingerprint density at radius 3 is 1.97 bits per heavy atom. The van der Waals surface area contributed by atoms with Gasteiger partial charge in [0.1, 0.15) is 13.2 Å². The molecule has 25 heteroatoms. The molecular weight excluding hydrogens is 895 g/mol. The van der Waals surface area contributed by atoms with Crippen molar-refractivity contribution in [3.63, 3.8) is 0 Å². The predicted molar refractivity (Wildman–Crippen MR) is 234 cm³/mol. The highest BCUT2D eigenvalue weighted by atomic mass is 32.2. The second-order valence-electron chi connectivity index (χ2n) is 14.4. The summed E-state index contributed by atoms with van der Waals surface area (Å²) in [6.45, 7) is 6.67. The summed E-state index contributed by atoms with van der Waals surface area (Å²) in [6.07, 6.45) is 4.38. The first-order valence-electron chi connectivity index (χ1n) is 20.3. The molecule has 1 heterocycles. The number of para-hydroxylation sites is 2. The van der Waals surface area contributed by atoms with E-state index in [1.54, 1.807) is 30.3 Å². The van der Waals surface area contributed by atoms with Crippen molar-refractivity contribution in [1.29, 1.82) is 0 Å². The fourth-order valence-corrected chi connectivity index (χ4v) is 6.58. The molecule has 0 fully saturated rings. The lowest BCUT2D eigenvalue weighted by atomic mass is 9.87. The molecule has 1 aromatic heterocycles. The van der Waals surface area contributed by atoms with Crippen LogP contribution in [0.2, 0.25) is 0 Å². The molecule has 0 spiro atoms. The van der Waals surface area contributed by atoms with Crippen molar-refractivity contribution in [3.8, 4) is 23.1 Å². The summed E-state index contributed by atoms with van der Waals surface area (Å²) in [5.74, 6) is -1.11. The monoisotopic (exact) mass is 947 g/mol. The number of unbranched alkanes of at least 4 members (excludes halogenated alkanes) is 4. The zero-order valence-electron chi connectivity index (χ0n) is 36.9. The van der Waals surface area contributed by atoms with E-state index in [2.05, 4.69) is 36.3 Å². The number of nitrogens with zero attached hydrogens (tertiary/aromatic N) is 7. The van der Waals surface area contributed by atoms with Crippen LogP contribution in [0.4, 0.5) is 15.4 Å². The zero-order chi connectivity index (χ0) is 48.4. The van der Waals surface area contributed by atoms with E-state index in [1.165, 1.54) is 43.8 Å². The number of allylic oxidation sites excluding steroid dienone is 1. The lowest BCUT2D eigenvalue weighted by molar-refractivity contribution is -0.757. The summed E-state index contributed by atoms with van der Waals surface area (Å²) in [5.41, 5.74) is 0.477. The maximum atomic E-state index is 14.8. The molecular formula is C41H53N7O17S. The summed E-state index contributed by atoms with van der Waals surface area (Å²) >= 11 is 0. The average molecular weight is 948 g/mol. The van der Waals surface area contributed by atoms with E-state index in [-0.39, 0.29) is 92.5 Å². The average Bonchev–Trinajstić information content (AvgIpc) is 3.27. The van der Waals surface area contributed by atoms with E-state index in [1.807, 2.05) is 20.8 Å². The number of benzene rings is 2. The Balaban J connectivity index is 2.05. The minimum atomic E-state index is -4.73. The highest BCUT2D eigenvalue weighted by Crippen LogP contribution is 2.43. The molecule has 0 unspecified atom stereocenters. The molecule has 0 saturated carbocycles. The molecule has 3 rings (SSSR count). The normalized spacial score (nSPS) is 11.4. The van der Waals surface area contributed by atoms with Crippen LogP contribution in [0.25, 0.3) is 0 Å². The van der Waals surface area contributed by atoms with Crippen LogP contribution in [0.1, 0.15) is 70.7 Å². The summed E-state index contributed by atoms with van der Waals surface area (Å²) in [5, 5.41) is 18.9. The van der Waals surface area contributed by atoms with E-state index >= 15 is 0 Å². The molecule has 0 bridgehead atoms. The highest BCUT2D eigenvalue weighted by molar-refractivity contribution is 7.92. The van der Waals surface area contributed by atoms with Gasteiger partial charge < -0.3 is 42.8 Å². The number of aliphatic imine (C=N–C) groups is 2. The maximum Gasteiger partial charge on any atom is 0.510 e. The largest absolute Gasteiger partial charge is 0.510 e. The molecule has 0 N–H and O–H groups in total. The first kappa shape index (κ1) is 53.0. The van der Waals surface area contributed by atoms with E-state index in [0.29, 0.717) is 30.0 Å². The third-order valence-electron chi connectivity index (χ3n) is 8.56. The van der Waals surface area contributed by atoms with Gasteiger partial charge in [-0.05, 0) is 80.1 Å². The lowest BCUT2D eigenvalue weighted by Gasteiger charge is -2.26. The maximum absolute atomic E-state index is 14.8. The van der Waals surface area contributed by atoms with Gasteiger partial charge in [-0.1, -0.05) is 51.5 Å². The Hall–Kier alpha value is -7.31. The Kier molecular flexibility index (Phi) is 22.3. The number of anilines is 1. The molecule has 24 nitrogen and oxygen atoms in total. The Morgan fingerprint density at radius 1 is 0.788 bits per heavy atom. The molecule has 2 aromatic carbocycles. The second kappa shape index (κ2) is 27.8. The first-order valence-corrected chi connectivity index (χ1v) is 21.7. The smallest absolute Gasteiger partial charge is 0.493 e. The van der Waals surface area contributed by atoms with Crippen molar-refractivity contribution in [1.82, 2.24) is 9.97 Å². The number of carbonyl (C=O) groups excluding carboxylic acids is 2. The predicted octanol–water partition coefficient (Wildman–Crippen LogP) is 6.96. The van der Waals surface area contributed by atoms with Crippen molar-refractivity contribution >= 4 is 41.1 Å². The highest BCUT2D eigenvalue weighted by Gasteiger charge is 2.34. The number of hydrogen-bond acceptors (Lipinski definition) is 21. The number of hydrogen-bond donors (Lipinski definition) is 0. The molecule has 0 amide bonds. The van der Waals surface area contributed by atoms with Crippen LogP contribution in [-0.4, -0.2) is 107 Å². The van der Waals surface area contributed by atoms with E-state index in [0.717, 1.165) is 5.56 Å². The zero-order valence-corrected chi connectivity index (χ0v) is 37.8. The molecule has 0 aliphatic rings. The summed E-state index contributed by atoms with van der Waals surface area (Å²) < 4.78 is 68.8. The van der Waals surface area contributed by atoms with Crippen molar-refractivity contribution in [2.75, 3.05) is 57.8 Å². The van der Waals surface area contributed by atoms with Gasteiger partial charge in [-0.25, -0.2) is 27.3 Å². The van der Waals surface area contributed by atoms with Gasteiger partial charge in [0.05, 0.1) is 45.0 Å². The molecule has 0 atom stereocenters. The summed E-state index contributed by atoms with van der Waals surface area (Å²) in [6, 6.07) is 12.4. The topological polar surface area (TPSA) is 291 Å². The summed E-state index contributed by atoms with van der Waals surface area (Å²) in [4.78, 5) is 71.2. The van der Waals surface area contributed by atoms with Gasteiger partial charge in [-0.15, -0.1) is 20.2 Å². The van der Waals surface area contributed by atoms with Gasteiger partial charge in [0.15, 0.2) is 29.9 Å². The molecule has 66 heavy (non-hydrogen) atoms. The van der Waals surface area contributed by atoms with Crippen molar-refractivity contribution < 1.29 is 71.0 Å². The number of aromatic nitrogens is 2. The number of sulfonamides is 1. The third kappa shape index (κ3) is 18.8. The molecule has 0 saturated heterocycles. The molecule has 3 aromatic rings. The number of methoxy groups -OCH3 is 1. The summed E-state index contributed by atoms with van der Waals surface area (Å²) in [7, 11) is -3.35. The minimum Gasteiger partial charge on any atom is -0.493 e. The third-order valence-corrected chi connectivity index (χ3v) is 10.3. The fraction of sp³-hybridized carbons (Fsp3) is 0.463. The van der Waals surface area contributed by atoms with Crippen LogP contribution >= 0.6 is 0 Å². The fourth-order valence-electron chi connectivity index (χ4n) is 5.30. The number of rotatable bonds is 30. The van der Waals surface area contributed by atoms with Crippen molar-refractivity contribution in [2.45, 2.75) is 76.2 Å². The SMILES string of the molecule is C=N/C=C\C=NCc1nc(OCCOC(=O)OCCCCCCO[N+](=O)[O-])c(Oc2ccccc2OC)c(N(COC(=O)OCCCCO[N+](=O)[O-])S(=O)(=O)c2ccc(C(C)(C)C)cc2)n1. The van der Waals surface area contributed by atoms with Crippen LogP contribution in [0, 0.1) is 20.2 Å². The first-order chi connectivity index (χ1) is 31.6. The van der Waals surface area contributed by atoms with E-state index in [4.69, 9.17) is 33.2 Å². The Bertz CT molecular complexity index is 2220. The van der Waals surface area contributed by atoms with Gasteiger partial charge in [-0.2, -0.15) is 4.98 Å². The second-order valence-corrected chi connectivity index (χ2v) is 16.3. The quantitative estimate of drug-likeness (QED) is 0.0163. The standard InChI is InChI=1S/C41H53N7O17S/c1-41(2,3)31-17-19-32(20-18-31)66(55,56)46(30-62-40(50)60-24-12-13-26-64-48(53)54)37-36(65-34-16-9-8-15-33(34)57-5)38(45-35(44-37)29-43-22-14-21-42-4)58-27-28-61-39(49)59-23-10-6-7-11-25-63-47(51)52/h8-9,14-22H,4,6-7,10-13,23-30H2,1-3,5H3/b21-14-,43-22?. The van der Waals surface area contributed by atoms with Crippen molar-refractivity contribution in [2.24, 2.45) is 9.98 Å². The van der Waals surface area contributed by atoms with Crippen LogP contribution in [0.15, 0.2) is 75.7 Å². The molecule has 0 radical (unpaired) electrons. The van der Waals surface area contributed by atoms with Crippen molar-refractivity contribution in [3.05, 3.63) is 92.4 Å². The number of carbonyl (C=O) groups is 2. The molecule has 0 aliphatic carbocycles. The Labute approximate surface area is 380 Å². The lowest BCUT2D eigenvalue weighted by Crippen LogP contribution is -2.36. The Morgan fingerprint density at radius 2 is 1.36 bits per heavy atom. The van der Waals surface area contributed by atoms with Gasteiger partial charge in [0.2, 0.25) is 5.75 Å². The van der Waals surface area contributed by atoms with E-state index in [9.17, 15) is 38.2 Å². The van der Waals surface area contributed by atoms with Crippen LogP contribution in [0.5, 0.6) is 23.1 Å². The van der Waals surface area contributed by atoms with E-state index < -0.39 is 50.8 Å². The molecule has 360 valence electrons. The van der Waals surface area contributed by atoms with Crippen LogP contribution in [-0.2, 0) is 50.6 Å². The minimum absolute atomic E-state index is 0.0155. The van der Waals surface area contributed by atoms with Crippen LogP contribution in [0.3, 0.4) is 0 Å². The van der Waals surface area contributed by atoms with Gasteiger partial charge in [0.25, 0.3) is 26.1 Å². The van der Waals surface area contributed by atoms with Gasteiger partial charge in [0, 0.05) is 12.4 Å². The van der Waals surface area contributed by atoms with Gasteiger partial charge in [-0.3, -0.25) is 9.98 Å². The number of ether oxygens (including phenoxy) is 7. The van der Waals surface area contributed by atoms with Crippen LogP contribution < -0.4 is 18.5 Å².